The van der Waals surface area contributed by atoms with E-state index in [0.717, 1.165) is 6.07 Å². The van der Waals surface area contributed by atoms with Gasteiger partial charge in [0, 0.05) is 43.0 Å². The summed E-state index contributed by atoms with van der Waals surface area (Å²) in [6.07, 6.45) is 4.29. The number of anilines is 1. The fourth-order valence-electron chi connectivity index (χ4n) is 4.26. The Hall–Kier alpha value is -4.87. The number of halogens is 1. The minimum atomic E-state index is -0.902. The number of fused-ring (bicyclic) bond motifs is 1. The van der Waals surface area contributed by atoms with E-state index in [1.165, 1.54) is 29.4 Å². The molecule has 0 spiro atoms. The van der Waals surface area contributed by atoms with Crippen LogP contribution in [0.3, 0.4) is 0 Å². The van der Waals surface area contributed by atoms with Crippen molar-refractivity contribution in [3.63, 3.8) is 0 Å². The van der Waals surface area contributed by atoms with Crippen molar-refractivity contribution in [2.45, 2.75) is 6.04 Å². The third kappa shape index (κ3) is 3.87. The Bertz CT molecular complexity index is 1500. The number of pyridine rings is 1. The SMILES string of the molecule is C=C[C@@H]1CN(C(=O)c2ccccn2)CCN1C(=O)C(=O)c1c[nH]c2c(-c3noc(N)n3)ccc(F)c12. The van der Waals surface area contributed by atoms with Crippen LogP contribution >= 0.6 is 0 Å². The smallest absolute Gasteiger partial charge is 0.319 e. The van der Waals surface area contributed by atoms with Crippen LogP contribution < -0.4 is 5.73 Å². The number of amides is 2. The first-order valence-corrected chi connectivity index (χ1v) is 11.0. The van der Waals surface area contributed by atoms with Crippen LogP contribution in [0.25, 0.3) is 22.3 Å². The summed E-state index contributed by atoms with van der Waals surface area (Å²) in [7, 11) is 0. The molecule has 1 aliphatic heterocycles. The number of piperazine rings is 1. The highest BCUT2D eigenvalue weighted by Gasteiger charge is 2.35. The van der Waals surface area contributed by atoms with Gasteiger partial charge in [-0.05, 0) is 24.3 Å². The summed E-state index contributed by atoms with van der Waals surface area (Å²) >= 11 is 0. The number of hydrogen-bond donors (Lipinski definition) is 2. The predicted molar refractivity (Wildman–Crippen MR) is 126 cm³/mol. The Morgan fingerprint density at radius 1 is 1.22 bits per heavy atom. The molecule has 1 atom stereocenters. The number of nitrogens with two attached hydrogens (primary N) is 1. The Kier molecular flexibility index (Phi) is 5.76. The number of carbonyl (C=O) groups is 3. The van der Waals surface area contributed by atoms with Crippen LogP contribution in [0.2, 0.25) is 0 Å². The van der Waals surface area contributed by atoms with Crippen molar-refractivity contribution in [2.24, 2.45) is 0 Å². The molecule has 0 saturated carbocycles. The Morgan fingerprint density at radius 2 is 2.06 bits per heavy atom. The molecule has 4 heterocycles. The summed E-state index contributed by atoms with van der Waals surface area (Å²) in [5.41, 5.74) is 6.20. The van der Waals surface area contributed by atoms with Crippen LogP contribution in [-0.2, 0) is 4.79 Å². The molecule has 2 amide bonds. The molecule has 4 aromatic rings. The van der Waals surface area contributed by atoms with Gasteiger partial charge in [0.05, 0.1) is 17.1 Å². The van der Waals surface area contributed by atoms with E-state index in [2.05, 4.69) is 26.7 Å². The van der Waals surface area contributed by atoms with Crippen molar-refractivity contribution in [1.82, 2.24) is 29.9 Å². The molecule has 1 fully saturated rings. The molecular weight excluding hydrogens is 469 g/mol. The lowest BCUT2D eigenvalue weighted by atomic mass is 10.0. The molecule has 5 rings (SSSR count). The maximum Gasteiger partial charge on any atom is 0.319 e. The second kappa shape index (κ2) is 9.06. The van der Waals surface area contributed by atoms with Crippen molar-refractivity contribution < 1.29 is 23.3 Å². The van der Waals surface area contributed by atoms with Crippen LogP contribution in [0, 0.1) is 5.82 Å². The normalized spacial score (nSPS) is 15.8. The molecule has 3 N–H and O–H groups in total. The Balaban J connectivity index is 1.40. The number of benzene rings is 1. The fraction of sp³-hybridized carbons (Fsp3) is 0.167. The average Bonchev–Trinajstić information content (AvgIpc) is 3.55. The second-order valence-electron chi connectivity index (χ2n) is 8.10. The lowest BCUT2D eigenvalue weighted by Gasteiger charge is -2.39. The molecule has 0 radical (unpaired) electrons. The fourth-order valence-corrected chi connectivity index (χ4v) is 4.26. The van der Waals surface area contributed by atoms with Crippen molar-refractivity contribution in [2.75, 3.05) is 25.4 Å². The molecule has 12 heteroatoms. The summed E-state index contributed by atoms with van der Waals surface area (Å²) in [5, 5.41) is 3.66. The summed E-state index contributed by atoms with van der Waals surface area (Å²) < 4.78 is 19.6. The molecule has 0 bridgehead atoms. The first-order chi connectivity index (χ1) is 17.4. The second-order valence-corrected chi connectivity index (χ2v) is 8.10. The lowest BCUT2D eigenvalue weighted by Crippen LogP contribution is -2.57. The van der Waals surface area contributed by atoms with E-state index in [1.807, 2.05) is 0 Å². The van der Waals surface area contributed by atoms with Gasteiger partial charge >= 0.3 is 6.01 Å². The number of nitrogens with zero attached hydrogens (tertiary/aromatic N) is 5. The van der Waals surface area contributed by atoms with Crippen LogP contribution in [0.15, 0.2) is 59.9 Å². The monoisotopic (exact) mass is 489 g/mol. The van der Waals surface area contributed by atoms with Crippen LogP contribution in [0.1, 0.15) is 20.8 Å². The molecular formula is C24H20FN7O4. The molecule has 1 saturated heterocycles. The van der Waals surface area contributed by atoms with Crippen LogP contribution in [0.5, 0.6) is 0 Å². The molecule has 0 aliphatic carbocycles. The third-order valence-corrected chi connectivity index (χ3v) is 6.03. The van der Waals surface area contributed by atoms with E-state index in [9.17, 15) is 18.8 Å². The average molecular weight is 489 g/mol. The molecule has 36 heavy (non-hydrogen) atoms. The Morgan fingerprint density at radius 3 is 2.75 bits per heavy atom. The minimum absolute atomic E-state index is 0.0756. The number of hydrogen-bond acceptors (Lipinski definition) is 8. The lowest BCUT2D eigenvalue weighted by molar-refractivity contribution is -0.129. The van der Waals surface area contributed by atoms with Crippen LogP contribution in [0.4, 0.5) is 10.4 Å². The molecule has 1 aliphatic rings. The summed E-state index contributed by atoms with van der Waals surface area (Å²) in [5.74, 6) is -2.62. The van der Waals surface area contributed by atoms with Crippen molar-refractivity contribution in [3.8, 4) is 11.4 Å². The molecule has 1 aromatic carbocycles. The number of ketones is 1. The number of aromatic nitrogens is 4. The zero-order chi connectivity index (χ0) is 25.4. The van der Waals surface area contributed by atoms with Gasteiger partial charge in [0.2, 0.25) is 5.82 Å². The van der Waals surface area contributed by atoms with Gasteiger partial charge in [0.25, 0.3) is 17.6 Å². The third-order valence-electron chi connectivity index (χ3n) is 6.03. The van der Waals surface area contributed by atoms with Gasteiger partial charge in [0.1, 0.15) is 11.5 Å². The van der Waals surface area contributed by atoms with Gasteiger partial charge in [-0.15, -0.1) is 6.58 Å². The van der Waals surface area contributed by atoms with E-state index in [4.69, 9.17) is 10.3 Å². The summed E-state index contributed by atoms with van der Waals surface area (Å²) in [4.78, 5) is 53.0. The number of nitrogen functional groups attached to an aromatic ring is 1. The molecule has 182 valence electrons. The Labute approximate surface area is 203 Å². The first-order valence-electron chi connectivity index (χ1n) is 11.0. The number of nitrogens with one attached hydrogen (secondary N) is 1. The zero-order valence-electron chi connectivity index (χ0n) is 18.8. The molecule has 11 nitrogen and oxygen atoms in total. The highest BCUT2D eigenvalue weighted by molar-refractivity contribution is 6.45. The summed E-state index contributed by atoms with van der Waals surface area (Å²) in [6, 6.07) is 6.80. The van der Waals surface area contributed by atoms with E-state index < -0.39 is 23.5 Å². The molecule has 0 unspecified atom stereocenters. The topological polar surface area (TPSA) is 151 Å². The van der Waals surface area contributed by atoms with E-state index >= 15 is 0 Å². The number of carbonyl (C=O) groups excluding carboxylic acids is 3. The summed E-state index contributed by atoms with van der Waals surface area (Å²) in [6.45, 7) is 4.20. The van der Waals surface area contributed by atoms with E-state index in [-0.39, 0.29) is 59.5 Å². The maximum atomic E-state index is 14.8. The standard InChI is InChI=1S/C24H20FN7O4/c1-2-13-12-31(22(34)17-5-3-4-8-27-17)9-10-32(13)23(35)20(33)15-11-28-19-14(6-7-16(25)18(15)19)21-29-24(26)36-30-21/h2-8,11,13,28H,1,9-10,12H2,(H2,26,29,30)/t13-/m1/s1. The highest BCUT2D eigenvalue weighted by atomic mass is 19.1. The van der Waals surface area contributed by atoms with Gasteiger partial charge in [-0.3, -0.25) is 19.4 Å². The zero-order valence-corrected chi connectivity index (χ0v) is 18.8. The van der Waals surface area contributed by atoms with Gasteiger partial charge in [0.15, 0.2) is 0 Å². The molecule has 3 aromatic heterocycles. The minimum Gasteiger partial charge on any atom is -0.360 e. The maximum absolute atomic E-state index is 14.8. The van der Waals surface area contributed by atoms with Crippen molar-refractivity contribution in [3.05, 3.63) is 72.5 Å². The van der Waals surface area contributed by atoms with Gasteiger partial charge < -0.3 is 25.0 Å². The number of rotatable bonds is 5. The van der Waals surface area contributed by atoms with Gasteiger partial charge in [-0.1, -0.05) is 17.3 Å². The van der Waals surface area contributed by atoms with E-state index in [0.29, 0.717) is 5.56 Å². The van der Waals surface area contributed by atoms with Crippen LogP contribution in [-0.4, -0.2) is 73.2 Å². The number of Topliss-reactive ketones (excluding diaryl/α,β-unsaturated/α-hetero) is 1. The number of aromatic amines is 1. The van der Waals surface area contributed by atoms with Crippen molar-refractivity contribution in [1.29, 1.82) is 0 Å². The largest absolute Gasteiger partial charge is 0.360 e. The van der Waals surface area contributed by atoms with Gasteiger partial charge in [-0.25, -0.2) is 4.39 Å². The quantitative estimate of drug-likeness (QED) is 0.246. The van der Waals surface area contributed by atoms with Gasteiger partial charge in [-0.2, -0.15) is 4.98 Å². The van der Waals surface area contributed by atoms with E-state index in [1.54, 1.807) is 23.1 Å². The van der Waals surface area contributed by atoms with Crippen molar-refractivity contribution >= 4 is 34.5 Å². The first kappa shape index (κ1) is 22.9. The number of H-pyrrole nitrogens is 1. The predicted octanol–water partition coefficient (Wildman–Crippen LogP) is 2.06. The highest BCUT2D eigenvalue weighted by Crippen LogP contribution is 2.31.